The molecule has 0 saturated heterocycles. The lowest BCUT2D eigenvalue weighted by Crippen LogP contribution is -2.00. The van der Waals surface area contributed by atoms with E-state index in [0.717, 1.165) is 36.0 Å². The van der Waals surface area contributed by atoms with Gasteiger partial charge in [-0.05, 0) is 42.8 Å². The molecule has 0 aliphatic heterocycles. The van der Waals surface area contributed by atoms with Crippen LogP contribution in [0.1, 0.15) is 37.6 Å². The summed E-state index contributed by atoms with van der Waals surface area (Å²) in [7, 11) is 1.84. The Morgan fingerprint density at radius 1 is 1.15 bits per heavy atom. The first-order valence-corrected chi connectivity index (χ1v) is 9.14. The predicted molar refractivity (Wildman–Crippen MR) is 107 cm³/mol. The van der Waals surface area contributed by atoms with E-state index in [1.807, 2.05) is 35.9 Å². The number of para-hydroxylation sites is 2. The van der Waals surface area contributed by atoms with E-state index in [1.54, 1.807) is 24.3 Å². The zero-order valence-corrected chi connectivity index (χ0v) is 15.6. The molecular formula is C22H23N3O2. The Hall–Kier alpha value is -3.26. The normalized spacial score (nSPS) is 11.9. The summed E-state index contributed by atoms with van der Waals surface area (Å²) < 4.78 is 7.51. The molecule has 0 atom stereocenters. The summed E-state index contributed by atoms with van der Waals surface area (Å²) in [5.74, 6) is 1.11. The number of benzene rings is 2. The second-order valence-corrected chi connectivity index (χ2v) is 6.40. The zero-order valence-electron chi connectivity index (χ0n) is 15.6. The maximum Gasteiger partial charge on any atom is 0.155 e. The number of hydrogen-bond acceptors (Lipinski definition) is 4. The standard InChI is InChI=1S/C22H23N3O2/c1-3-4-7-14-27-17-12-10-16(11-13-17)21(26)18(15-23)22-24-19-8-5-6-9-20(19)25(22)2/h5-6,8-13,26H,3-4,7,14H2,1-2H3/b21-18-. The van der Waals surface area contributed by atoms with Gasteiger partial charge in [0.05, 0.1) is 17.6 Å². The van der Waals surface area contributed by atoms with Crippen molar-refractivity contribution in [3.05, 3.63) is 59.9 Å². The van der Waals surface area contributed by atoms with Crippen molar-refractivity contribution in [3.8, 4) is 11.8 Å². The van der Waals surface area contributed by atoms with E-state index in [0.29, 0.717) is 18.0 Å². The number of allylic oxidation sites excluding steroid dienone is 1. The van der Waals surface area contributed by atoms with Gasteiger partial charge in [0, 0.05) is 12.6 Å². The third-order valence-corrected chi connectivity index (χ3v) is 4.50. The number of nitrogens with zero attached hydrogens (tertiary/aromatic N) is 3. The van der Waals surface area contributed by atoms with E-state index < -0.39 is 0 Å². The summed E-state index contributed by atoms with van der Waals surface area (Å²) in [6.45, 7) is 2.83. The lowest BCUT2D eigenvalue weighted by Gasteiger charge is -2.08. The Kier molecular flexibility index (Phi) is 5.77. The molecule has 27 heavy (non-hydrogen) atoms. The van der Waals surface area contributed by atoms with Gasteiger partial charge in [-0.3, -0.25) is 0 Å². The topological polar surface area (TPSA) is 71.1 Å². The van der Waals surface area contributed by atoms with Crippen LogP contribution in [0, 0.1) is 11.3 Å². The van der Waals surface area contributed by atoms with Gasteiger partial charge in [-0.25, -0.2) is 4.98 Å². The van der Waals surface area contributed by atoms with Crippen molar-refractivity contribution in [2.45, 2.75) is 26.2 Å². The van der Waals surface area contributed by atoms with Gasteiger partial charge in [0.15, 0.2) is 5.82 Å². The summed E-state index contributed by atoms with van der Waals surface area (Å²) in [6, 6.07) is 16.9. The van der Waals surface area contributed by atoms with E-state index in [9.17, 15) is 10.4 Å². The Morgan fingerprint density at radius 3 is 2.56 bits per heavy atom. The minimum atomic E-state index is -0.0894. The lowest BCUT2D eigenvalue weighted by atomic mass is 10.1. The molecular weight excluding hydrogens is 338 g/mol. The number of aliphatic hydroxyl groups is 1. The molecule has 1 heterocycles. The minimum absolute atomic E-state index is 0.0894. The van der Waals surface area contributed by atoms with Crippen LogP contribution in [0.3, 0.4) is 0 Å². The quantitative estimate of drug-likeness (QED) is 0.361. The van der Waals surface area contributed by atoms with Crippen LogP contribution in [0.2, 0.25) is 0 Å². The second kappa shape index (κ2) is 8.41. The van der Waals surface area contributed by atoms with Crippen molar-refractivity contribution >= 4 is 22.4 Å². The van der Waals surface area contributed by atoms with Gasteiger partial charge in [0.25, 0.3) is 0 Å². The Labute approximate surface area is 159 Å². The van der Waals surface area contributed by atoms with Crippen LogP contribution in [0.5, 0.6) is 5.75 Å². The van der Waals surface area contributed by atoms with Crippen LogP contribution >= 0.6 is 0 Å². The number of rotatable bonds is 7. The molecule has 0 bridgehead atoms. The van der Waals surface area contributed by atoms with E-state index in [-0.39, 0.29) is 11.3 Å². The smallest absolute Gasteiger partial charge is 0.155 e. The highest BCUT2D eigenvalue weighted by Crippen LogP contribution is 2.27. The van der Waals surface area contributed by atoms with Crippen molar-refractivity contribution in [2.24, 2.45) is 7.05 Å². The SMILES string of the molecule is CCCCCOc1ccc(/C(O)=C(\C#N)c2nc3ccccc3n2C)cc1. The maximum absolute atomic E-state index is 10.7. The predicted octanol–water partition coefficient (Wildman–Crippen LogP) is 5.09. The number of aryl methyl sites for hydroxylation is 1. The van der Waals surface area contributed by atoms with Gasteiger partial charge < -0.3 is 14.4 Å². The van der Waals surface area contributed by atoms with Gasteiger partial charge in [0.1, 0.15) is 23.2 Å². The van der Waals surface area contributed by atoms with E-state index >= 15 is 0 Å². The first-order valence-electron chi connectivity index (χ1n) is 9.14. The molecule has 0 fully saturated rings. The number of hydrogen-bond donors (Lipinski definition) is 1. The molecule has 2 aromatic carbocycles. The summed E-state index contributed by atoms with van der Waals surface area (Å²) >= 11 is 0. The largest absolute Gasteiger partial charge is 0.506 e. The Balaban J connectivity index is 1.88. The fraction of sp³-hybridized carbons (Fsp3) is 0.273. The summed E-state index contributed by atoms with van der Waals surface area (Å²) in [5.41, 5.74) is 2.39. The van der Waals surface area contributed by atoms with Crippen LogP contribution in [-0.2, 0) is 7.05 Å². The van der Waals surface area contributed by atoms with E-state index in [1.165, 1.54) is 0 Å². The second-order valence-electron chi connectivity index (χ2n) is 6.40. The molecule has 0 amide bonds. The van der Waals surface area contributed by atoms with Crippen LogP contribution in [-0.4, -0.2) is 21.3 Å². The summed E-state index contributed by atoms with van der Waals surface area (Å²) in [6.07, 6.45) is 3.32. The third-order valence-electron chi connectivity index (χ3n) is 4.50. The first-order chi connectivity index (χ1) is 13.2. The number of aliphatic hydroxyl groups excluding tert-OH is 1. The minimum Gasteiger partial charge on any atom is -0.506 e. The number of fused-ring (bicyclic) bond motifs is 1. The van der Waals surface area contributed by atoms with Crippen molar-refractivity contribution in [2.75, 3.05) is 6.61 Å². The van der Waals surface area contributed by atoms with Crippen molar-refractivity contribution in [1.29, 1.82) is 5.26 Å². The number of unbranched alkanes of at least 4 members (excludes halogenated alkanes) is 2. The van der Waals surface area contributed by atoms with Gasteiger partial charge in [-0.2, -0.15) is 5.26 Å². The molecule has 138 valence electrons. The van der Waals surface area contributed by atoms with Crippen molar-refractivity contribution in [1.82, 2.24) is 9.55 Å². The Morgan fingerprint density at radius 2 is 1.89 bits per heavy atom. The van der Waals surface area contributed by atoms with Crippen LogP contribution in [0.4, 0.5) is 0 Å². The van der Waals surface area contributed by atoms with Crippen LogP contribution in [0.15, 0.2) is 48.5 Å². The highest BCUT2D eigenvalue weighted by atomic mass is 16.5. The molecule has 0 unspecified atom stereocenters. The highest BCUT2D eigenvalue weighted by molar-refractivity contribution is 5.94. The third kappa shape index (κ3) is 3.95. The van der Waals surface area contributed by atoms with Gasteiger partial charge >= 0.3 is 0 Å². The van der Waals surface area contributed by atoms with Crippen molar-refractivity contribution < 1.29 is 9.84 Å². The molecule has 0 radical (unpaired) electrons. The molecule has 5 nitrogen and oxygen atoms in total. The molecule has 0 spiro atoms. The first kappa shape index (κ1) is 18.5. The van der Waals surface area contributed by atoms with E-state index in [2.05, 4.69) is 18.0 Å². The fourth-order valence-electron chi connectivity index (χ4n) is 2.97. The van der Waals surface area contributed by atoms with Crippen LogP contribution < -0.4 is 4.74 Å². The van der Waals surface area contributed by atoms with E-state index in [4.69, 9.17) is 4.74 Å². The number of nitriles is 1. The average molecular weight is 361 g/mol. The highest BCUT2D eigenvalue weighted by Gasteiger charge is 2.17. The van der Waals surface area contributed by atoms with Crippen LogP contribution in [0.25, 0.3) is 22.4 Å². The van der Waals surface area contributed by atoms with Gasteiger partial charge in [-0.15, -0.1) is 0 Å². The maximum atomic E-state index is 10.7. The average Bonchev–Trinajstić information content (AvgIpc) is 3.03. The molecule has 3 rings (SSSR count). The number of imidazole rings is 1. The van der Waals surface area contributed by atoms with Gasteiger partial charge in [-0.1, -0.05) is 31.9 Å². The zero-order chi connectivity index (χ0) is 19.2. The molecule has 0 aliphatic carbocycles. The molecule has 1 N–H and O–H groups in total. The number of ether oxygens (including phenoxy) is 1. The van der Waals surface area contributed by atoms with Gasteiger partial charge in [0.2, 0.25) is 0 Å². The lowest BCUT2D eigenvalue weighted by molar-refractivity contribution is 0.306. The molecule has 1 aromatic heterocycles. The molecule has 0 saturated carbocycles. The molecule has 5 heteroatoms. The number of aromatic nitrogens is 2. The molecule has 3 aromatic rings. The monoisotopic (exact) mass is 361 g/mol. The summed E-state index contributed by atoms with van der Waals surface area (Å²) in [5, 5.41) is 20.3. The van der Waals surface area contributed by atoms with Crippen molar-refractivity contribution in [3.63, 3.8) is 0 Å². The molecule has 0 aliphatic rings. The Bertz CT molecular complexity index is 995. The fourth-order valence-corrected chi connectivity index (χ4v) is 2.97. The summed E-state index contributed by atoms with van der Waals surface area (Å²) in [4.78, 5) is 4.50.